The predicted molar refractivity (Wildman–Crippen MR) is 83.3 cm³/mol. The largest absolute Gasteiger partial charge is 0.489 e. The van der Waals surface area contributed by atoms with Crippen molar-refractivity contribution in [3.8, 4) is 5.75 Å². The summed E-state index contributed by atoms with van der Waals surface area (Å²) in [5, 5.41) is 12.0. The molecule has 2 atom stereocenters. The summed E-state index contributed by atoms with van der Waals surface area (Å²) < 4.78 is 7.11. The lowest BCUT2D eigenvalue weighted by molar-refractivity contribution is 0.0901. The molecule has 0 bridgehead atoms. The zero-order valence-electron chi connectivity index (χ0n) is 11.7. The molecule has 3 N–H and O–H groups in total. The molecule has 0 heterocycles. The SMILES string of the molecule is CCC1CCCCC1Oc1cc(Br)ccc1/C(N)=N/O. The van der Waals surface area contributed by atoms with E-state index in [2.05, 4.69) is 28.0 Å². The van der Waals surface area contributed by atoms with Crippen LogP contribution >= 0.6 is 15.9 Å². The average Bonchev–Trinajstić information content (AvgIpc) is 2.47. The fourth-order valence-corrected chi connectivity index (χ4v) is 3.16. The number of rotatable bonds is 4. The Morgan fingerprint density at radius 1 is 1.45 bits per heavy atom. The Labute approximate surface area is 128 Å². The van der Waals surface area contributed by atoms with Gasteiger partial charge >= 0.3 is 0 Å². The van der Waals surface area contributed by atoms with Crippen LogP contribution in [0.3, 0.4) is 0 Å². The molecule has 0 aromatic heterocycles. The molecule has 0 spiro atoms. The first-order chi connectivity index (χ1) is 9.65. The van der Waals surface area contributed by atoms with Gasteiger partial charge in [0.1, 0.15) is 11.9 Å². The van der Waals surface area contributed by atoms with Crippen LogP contribution in [0, 0.1) is 5.92 Å². The highest BCUT2D eigenvalue weighted by molar-refractivity contribution is 9.10. The summed E-state index contributed by atoms with van der Waals surface area (Å²) in [6, 6.07) is 5.55. The summed E-state index contributed by atoms with van der Waals surface area (Å²) in [6.45, 7) is 2.21. The number of amidine groups is 1. The minimum atomic E-state index is 0.0800. The third kappa shape index (κ3) is 3.45. The average molecular weight is 341 g/mol. The van der Waals surface area contributed by atoms with Crippen LogP contribution in [0.15, 0.2) is 27.8 Å². The maximum absolute atomic E-state index is 8.88. The lowest BCUT2D eigenvalue weighted by Gasteiger charge is -2.31. The van der Waals surface area contributed by atoms with Crippen LogP contribution in [0.25, 0.3) is 0 Å². The van der Waals surface area contributed by atoms with Gasteiger partial charge in [0.05, 0.1) is 5.56 Å². The zero-order chi connectivity index (χ0) is 14.5. The number of ether oxygens (including phenoxy) is 1. The van der Waals surface area contributed by atoms with Gasteiger partial charge in [-0.3, -0.25) is 0 Å². The van der Waals surface area contributed by atoms with Gasteiger partial charge in [-0.15, -0.1) is 0 Å². The van der Waals surface area contributed by atoms with Gasteiger partial charge in [0, 0.05) is 4.47 Å². The molecule has 4 nitrogen and oxygen atoms in total. The lowest BCUT2D eigenvalue weighted by Crippen LogP contribution is -2.30. The van der Waals surface area contributed by atoms with Crippen LogP contribution in [0.1, 0.15) is 44.6 Å². The van der Waals surface area contributed by atoms with E-state index in [-0.39, 0.29) is 11.9 Å². The second-order valence-electron chi connectivity index (χ2n) is 5.23. The minimum Gasteiger partial charge on any atom is -0.489 e. The van der Waals surface area contributed by atoms with Gasteiger partial charge in [-0.2, -0.15) is 0 Å². The molecule has 1 aliphatic carbocycles. The van der Waals surface area contributed by atoms with Crippen molar-refractivity contribution in [2.75, 3.05) is 0 Å². The first-order valence-corrected chi connectivity index (χ1v) is 7.89. The Balaban J connectivity index is 2.25. The summed E-state index contributed by atoms with van der Waals surface area (Å²) in [7, 11) is 0. The highest BCUT2D eigenvalue weighted by Gasteiger charge is 2.26. The smallest absolute Gasteiger partial charge is 0.173 e. The van der Waals surface area contributed by atoms with Crippen LogP contribution in [0.4, 0.5) is 0 Å². The van der Waals surface area contributed by atoms with Crippen molar-refractivity contribution >= 4 is 21.8 Å². The quantitative estimate of drug-likeness (QED) is 0.378. The van der Waals surface area contributed by atoms with Gasteiger partial charge < -0.3 is 15.7 Å². The molecular formula is C15H21BrN2O2. The van der Waals surface area contributed by atoms with E-state index in [1.807, 2.05) is 12.1 Å². The van der Waals surface area contributed by atoms with Crippen LogP contribution in [0.5, 0.6) is 5.75 Å². The van der Waals surface area contributed by atoms with Crippen LogP contribution in [-0.2, 0) is 0 Å². The first kappa shape index (κ1) is 15.2. The molecular weight excluding hydrogens is 320 g/mol. The third-order valence-corrected chi connectivity index (χ3v) is 4.46. The maximum Gasteiger partial charge on any atom is 0.173 e. The van der Waals surface area contributed by atoms with Gasteiger partial charge in [-0.05, 0) is 49.8 Å². The normalized spacial score (nSPS) is 23.6. The monoisotopic (exact) mass is 340 g/mol. The van der Waals surface area contributed by atoms with E-state index in [0.717, 1.165) is 17.3 Å². The fourth-order valence-electron chi connectivity index (χ4n) is 2.82. The molecule has 1 saturated carbocycles. The van der Waals surface area contributed by atoms with Gasteiger partial charge in [0.2, 0.25) is 0 Å². The molecule has 1 aromatic rings. The highest BCUT2D eigenvalue weighted by atomic mass is 79.9. The standard InChI is InChI=1S/C15H21BrN2O2/c1-2-10-5-3-4-6-13(10)20-14-9-11(16)7-8-12(14)15(17)18-19/h7-10,13,19H,2-6H2,1H3,(H2,17,18). The summed E-state index contributed by atoms with van der Waals surface area (Å²) >= 11 is 3.44. The molecule has 2 rings (SSSR count). The molecule has 2 unspecified atom stereocenters. The second kappa shape index (κ2) is 6.97. The van der Waals surface area contributed by atoms with E-state index < -0.39 is 0 Å². The molecule has 5 heteroatoms. The molecule has 0 aliphatic heterocycles. The van der Waals surface area contributed by atoms with E-state index in [4.69, 9.17) is 15.7 Å². The Morgan fingerprint density at radius 2 is 2.20 bits per heavy atom. The fraction of sp³-hybridized carbons (Fsp3) is 0.533. The summed E-state index contributed by atoms with van der Waals surface area (Å²) in [5.41, 5.74) is 6.36. The van der Waals surface area contributed by atoms with Crippen LogP contribution in [-0.4, -0.2) is 17.1 Å². The molecule has 0 amide bonds. The van der Waals surface area contributed by atoms with E-state index in [9.17, 15) is 0 Å². The van der Waals surface area contributed by atoms with Crippen molar-refractivity contribution < 1.29 is 9.94 Å². The van der Waals surface area contributed by atoms with Gasteiger partial charge in [-0.25, -0.2) is 0 Å². The van der Waals surface area contributed by atoms with E-state index in [0.29, 0.717) is 17.2 Å². The van der Waals surface area contributed by atoms with Crippen molar-refractivity contribution in [1.29, 1.82) is 0 Å². The first-order valence-electron chi connectivity index (χ1n) is 7.09. The van der Waals surface area contributed by atoms with Crippen LogP contribution in [0.2, 0.25) is 0 Å². The summed E-state index contributed by atoms with van der Waals surface area (Å²) in [4.78, 5) is 0. The Hall–Kier alpha value is -1.23. The number of nitrogens with two attached hydrogens (primary N) is 1. The van der Waals surface area contributed by atoms with Gasteiger partial charge in [-0.1, -0.05) is 34.4 Å². The third-order valence-electron chi connectivity index (χ3n) is 3.97. The Kier molecular flexibility index (Phi) is 5.29. The van der Waals surface area contributed by atoms with Gasteiger partial charge in [0.25, 0.3) is 0 Å². The van der Waals surface area contributed by atoms with Crippen molar-refractivity contribution in [2.24, 2.45) is 16.8 Å². The van der Waals surface area contributed by atoms with E-state index in [1.165, 1.54) is 19.3 Å². The van der Waals surface area contributed by atoms with Crippen molar-refractivity contribution in [2.45, 2.75) is 45.1 Å². The summed E-state index contributed by atoms with van der Waals surface area (Å²) in [6.07, 6.45) is 6.11. The number of halogens is 1. The van der Waals surface area contributed by atoms with E-state index >= 15 is 0 Å². The Morgan fingerprint density at radius 3 is 2.90 bits per heavy atom. The van der Waals surface area contributed by atoms with Crippen molar-refractivity contribution in [3.05, 3.63) is 28.2 Å². The molecule has 0 saturated heterocycles. The molecule has 0 radical (unpaired) electrons. The molecule has 1 fully saturated rings. The number of hydrogen-bond acceptors (Lipinski definition) is 3. The molecule has 20 heavy (non-hydrogen) atoms. The number of hydrogen-bond donors (Lipinski definition) is 2. The zero-order valence-corrected chi connectivity index (χ0v) is 13.3. The lowest BCUT2D eigenvalue weighted by atomic mass is 9.84. The van der Waals surface area contributed by atoms with E-state index in [1.54, 1.807) is 6.07 Å². The molecule has 1 aliphatic rings. The number of nitrogens with zero attached hydrogens (tertiary/aromatic N) is 1. The van der Waals surface area contributed by atoms with Crippen molar-refractivity contribution in [1.82, 2.24) is 0 Å². The van der Waals surface area contributed by atoms with Gasteiger partial charge in [0.15, 0.2) is 5.84 Å². The van der Waals surface area contributed by atoms with Crippen LogP contribution < -0.4 is 10.5 Å². The van der Waals surface area contributed by atoms with Crippen molar-refractivity contribution in [3.63, 3.8) is 0 Å². The maximum atomic E-state index is 8.88. The molecule has 1 aromatic carbocycles. The second-order valence-corrected chi connectivity index (χ2v) is 6.15. The topological polar surface area (TPSA) is 67.8 Å². The number of oxime groups is 1. The number of benzene rings is 1. The summed E-state index contributed by atoms with van der Waals surface area (Å²) in [5.74, 6) is 1.35. The predicted octanol–water partition coefficient (Wildman–Crippen LogP) is 3.89. The minimum absolute atomic E-state index is 0.0800. The molecule has 110 valence electrons. The Bertz CT molecular complexity index is 491. The highest BCUT2D eigenvalue weighted by Crippen LogP contribution is 2.32.